The van der Waals surface area contributed by atoms with Crippen molar-refractivity contribution >= 4 is 22.4 Å². The fraction of sp³-hybridized carbons (Fsp3) is 0.385. The molecule has 0 radical (unpaired) electrons. The molecule has 1 aliphatic rings. The molecule has 6 nitrogen and oxygen atoms in total. The molecule has 2 aromatic heterocycles. The lowest BCUT2D eigenvalue weighted by Crippen LogP contribution is -2.29. The number of hydrogen-bond acceptors (Lipinski definition) is 6. The summed E-state index contributed by atoms with van der Waals surface area (Å²) >= 11 is 1.36. The lowest BCUT2D eigenvalue weighted by atomic mass is 10.2. The molecule has 3 rings (SSSR count). The molecular weight excluding hydrogens is 278 g/mol. The molecule has 0 aliphatic carbocycles. The van der Waals surface area contributed by atoms with E-state index in [2.05, 4.69) is 10.3 Å². The van der Waals surface area contributed by atoms with Crippen LogP contribution >= 0.6 is 11.3 Å². The molecule has 20 heavy (non-hydrogen) atoms. The zero-order valence-corrected chi connectivity index (χ0v) is 11.6. The standard InChI is InChI=1S/C13H15N3O3S/c14-6-8-3-4-11(19-8)12(17)16-13-15-9(7-20-13)10-2-1-5-18-10/h1-2,5,7-8,11H,3-4,6,14H2,(H,15,16,17)/t8-,11+/m1/s1. The third-order valence-electron chi connectivity index (χ3n) is 3.17. The van der Waals surface area contributed by atoms with E-state index in [0.29, 0.717) is 29.6 Å². The molecule has 0 saturated carbocycles. The highest BCUT2D eigenvalue weighted by Crippen LogP contribution is 2.26. The zero-order valence-electron chi connectivity index (χ0n) is 10.7. The first kappa shape index (κ1) is 13.3. The number of thiazole rings is 1. The number of carbonyl (C=O) groups is 1. The molecule has 1 fully saturated rings. The van der Waals surface area contributed by atoms with E-state index in [9.17, 15) is 4.79 Å². The zero-order chi connectivity index (χ0) is 13.9. The van der Waals surface area contributed by atoms with E-state index in [-0.39, 0.29) is 12.0 Å². The van der Waals surface area contributed by atoms with Crippen molar-refractivity contribution in [3.63, 3.8) is 0 Å². The SMILES string of the molecule is NC[C@H]1CC[C@@H](C(=O)Nc2nc(-c3ccco3)cs2)O1. The fourth-order valence-electron chi connectivity index (χ4n) is 2.13. The molecule has 1 amide bonds. The number of nitrogens with two attached hydrogens (primary N) is 1. The molecule has 0 unspecified atom stereocenters. The predicted molar refractivity (Wildman–Crippen MR) is 75.4 cm³/mol. The lowest BCUT2D eigenvalue weighted by molar-refractivity contribution is -0.126. The van der Waals surface area contributed by atoms with E-state index >= 15 is 0 Å². The summed E-state index contributed by atoms with van der Waals surface area (Å²) in [4.78, 5) is 16.4. The highest BCUT2D eigenvalue weighted by molar-refractivity contribution is 7.14. The number of nitrogens with one attached hydrogen (secondary N) is 1. The molecule has 3 heterocycles. The van der Waals surface area contributed by atoms with E-state index < -0.39 is 6.10 Å². The van der Waals surface area contributed by atoms with Crippen molar-refractivity contribution < 1.29 is 13.9 Å². The lowest BCUT2D eigenvalue weighted by Gasteiger charge is -2.11. The maximum Gasteiger partial charge on any atom is 0.255 e. The van der Waals surface area contributed by atoms with E-state index in [0.717, 1.165) is 6.42 Å². The second-order valence-corrected chi connectivity index (χ2v) is 5.42. The van der Waals surface area contributed by atoms with E-state index in [1.54, 1.807) is 12.3 Å². The molecule has 0 aromatic carbocycles. The summed E-state index contributed by atoms with van der Waals surface area (Å²) in [5, 5.41) is 5.15. The first-order valence-corrected chi connectivity index (χ1v) is 7.30. The summed E-state index contributed by atoms with van der Waals surface area (Å²) in [6, 6.07) is 3.62. The van der Waals surface area contributed by atoms with Gasteiger partial charge in [-0.25, -0.2) is 4.98 Å². The summed E-state index contributed by atoms with van der Waals surface area (Å²) in [6.07, 6.45) is 2.67. The number of aromatic nitrogens is 1. The monoisotopic (exact) mass is 293 g/mol. The normalized spacial score (nSPS) is 22.1. The average Bonchev–Trinajstić information content (AvgIpc) is 3.19. The second kappa shape index (κ2) is 5.74. The van der Waals surface area contributed by atoms with Gasteiger partial charge in [0.25, 0.3) is 5.91 Å². The predicted octanol–water partition coefficient (Wildman–Crippen LogP) is 1.85. The van der Waals surface area contributed by atoms with Crippen LogP contribution in [0, 0.1) is 0 Å². The summed E-state index contributed by atoms with van der Waals surface area (Å²) < 4.78 is 10.8. The van der Waals surface area contributed by atoms with Gasteiger partial charge in [0.2, 0.25) is 0 Å². The third kappa shape index (κ3) is 2.74. The topological polar surface area (TPSA) is 90.4 Å². The minimum Gasteiger partial charge on any atom is -0.463 e. The Kier molecular flexibility index (Phi) is 3.81. The Morgan fingerprint density at radius 1 is 1.55 bits per heavy atom. The fourth-order valence-corrected chi connectivity index (χ4v) is 2.83. The number of hydrogen-bond donors (Lipinski definition) is 2. The number of nitrogens with zero attached hydrogens (tertiary/aromatic N) is 1. The van der Waals surface area contributed by atoms with Crippen molar-refractivity contribution in [2.75, 3.05) is 11.9 Å². The second-order valence-electron chi connectivity index (χ2n) is 4.56. The van der Waals surface area contributed by atoms with Crippen molar-refractivity contribution in [3.8, 4) is 11.5 Å². The van der Waals surface area contributed by atoms with E-state index in [1.165, 1.54) is 11.3 Å². The molecule has 7 heteroatoms. The smallest absolute Gasteiger partial charge is 0.255 e. The van der Waals surface area contributed by atoms with Gasteiger partial charge in [0.15, 0.2) is 10.9 Å². The average molecular weight is 293 g/mol. The highest BCUT2D eigenvalue weighted by Gasteiger charge is 2.30. The van der Waals surface area contributed by atoms with E-state index in [1.807, 2.05) is 11.4 Å². The van der Waals surface area contributed by atoms with Crippen LogP contribution in [0.5, 0.6) is 0 Å². The minimum absolute atomic E-state index is 0.0132. The summed E-state index contributed by atoms with van der Waals surface area (Å²) in [5.74, 6) is 0.517. The molecule has 1 aliphatic heterocycles. The first-order chi connectivity index (χ1) is 9.76. The number of furan rings is 1. The molecule has 0 spiro atoms. The van der Waals surface area contributed by atoms with Gasteiger partial charge in [0.05, 0.1) is 12.4 Å². The Balaban J connectivity index is 1.62. The van der Waals surface area contributed by atoms with Crippen molar-refractivity contribution in [2.24, 2.45) is 5.73 Å². The van der Waals surface area contributed by atoms with Crippen molar-refractivity contribution in [1.82, 2.24) is 4.98 Å². The molecule has 106 valence electrons. The summed E-state index contributed by atoms with van der Waals surface area (Å²) in [5.41, 5.74) is 6.24. The van der Waals surface area contributed by atoms with Crippen molar-refractivity contribution in [3.05, 3.63) is 23.8 Å². The van der Waals surface area contributed by atoms with Gasteiger partial charge in [-0.3, -0.25) is 10.1 Å². The third-order valence-corrected chi connectivity index (χ3v) is 3.93. The van der Waals surface area contributed by atoms with Gasteiger partial charge in [-0.05, 0) is 25.0 Å². The number of anilines is 1. The maximum atomic E-state index is 12.0. The van der Waals surface area contributed by atoms with Crippen LogP contribution in [-0.4, -0.2) is 29.6 Å². The summed E-state index contributed by atoms with van der Waals surface area (Å²) in [7, 11) is 0. The Hall–Kier alpha value is -1.70. The van der Waals surface area contributed by atoms with Gasteiger partial charge in [-0.2, -0.15) is 0 Å². The summed E-state index contributed by atoms with van der Waals surface area (Å²) in [6.45, 7) is 0.448. The highest BCUT2D eigenvalue weighted by atomic mass is 32.1. The molecular formula is C13H15N3O3S. The van der Waals surface area contributed by atoms with Crippen LogP contribution in [0.25, 0.3) is 11.5 Å². The van der Waals surface area contributed by atoms with Gasteiger partial charge in [-0.15, -0.1) is 11.3 Å². The Labute approximate surface area is 119 Å². The number of rotatable bonds is 4. The number of ether oxygens (including phenoxy) is 1. The molecule has 2 aromatic rings. The maximum absolute atomic E-state index is 12.0. The molecule has 2 atom stereocenters. The van der Waals surface area contributed by atoms with Crippen LogP contribution in [-0.2, 0) is 9.53 Å². The first-order valence-electron chi connectivity index (χ1n) is 6.42. The van der Waals surface area contributed by atoms with Crippen molar-refractivity contribution in [1.29, 1.82) is 0 Å². The molecule has 3 N–H and O–H groups in total. The quantitative estimate of drug-likeness (QED) is 0.897. The van der Waals surface area contributed by atoms with Crippen LogP contribution in [0.1, 0.15) is 12.8 Å². The Bertz CT molecular complexity index is 581. The van der Waals surface area contributed by atoms with Gasteiger partial charge < -0.3 is 14.9 Å². The number of carbonyl (C=O) groups excluding carboxylic acids is 1. The van der Waals surface area contributed by atoms with Crippen molar-refractivity contribution in [2.45, 2.75) is 25.0 Å². The Morgan fingerprint density at radius 2 is 2.45 bits per heavy atom. The van der Waals surface area contributed by atoms with Crippen LogP contribution in [0.3, 0.4) is 0 Å². The molecule has 1 saturated heterocycles. The van der Waals surface area contributed by atoms with Crippen LogP contribution in [0.2, 0.25) is 0 Å². The van der Waals surface area contributed by atoms with Gasteiger partial charge in [0.1, 0.15) is 11.8 Å². The van der Waals surface area contributed by atoms with E-state index in [4.69, 9.17) is 14.9 Å². The largest absolute Gasteiger partial charge is 0.463 e. The Morgan fingerprint density at radius 3 is 3.15 bits per heavy atom. The van der Waals surface area contributed by atoms with Gasteiger partial charge in [-0.1, -0.05) is 0 Å². The minimum atomic E-state index is -0.431. The van der Waals surface area contributed by atoms with Crippen LogP contribution < -0.4 is 11.1 Å². The number of amides is 1. The van der Waals surface area contributed by atoms with Gasteiger partial charge >= 0.3 is 0 Å². The van der Waals surface area contributed by atoms with Crippen LogP contribution in [0.4, 0.5) is 5.13 Å². The molecule has 0 bridgehead atoms. The van der Waals surface area contributed by atoms with Crippen LogP contribution in [0.15, 0.2) is 28.2 Å². The van der Waals surface area contributed by atoms with Gasteiger partial charge in [0, 0.05) is 11.9 Å².